The minimum Gasteiger partial charge on any atom is -0.465 e. The summed E-state index contributed by atoms with van der Waals surface area (Å²) >= 11 is 1.50. The lowest BCUT2D eigenvalue weighted by molar-refractivity contribution is -0.115. The number of amides is 1. The van der Waals surface area contributed by atoms with Gasteiger partial charge in [0.1, 0.15) is 5.00 Å². The van der Waals surface area contributed by atoms with Gasteiger partial charge >= 0.3 is 5.97 Å². The highest BCUT2D eigenvalue weighted by atomic mass is 32.1. The fourth-order valence-electron chi connectivity index (χ4n) is 2.76. The van der Waals surface area contributed by atoms with Crippen molar-refractivity contribution in [2.45, 2.75) is 25.7 Å². The van der Waals surface area contributed by atoms with Gasteiger partial charge in [0.05, 0.1) is 19.1 Å². The third-order valence-electron chi connectivity index (χ3n) is 3.77. The third-order valence-corrected chi connectivity index (χ3v) is 4.98. The monoisotopic (exact) mass is 315 g/mol. The van der Waals surface area contributed by atoms with Gasteiger partial charge in [-0.3, -0.25) is 4.79 Å². The molecule has 1 N–H and O–H groups in total. The summed E-state index contributed by atoms with van der Waals surface area (Å²) in [5.74, 6) is -0.481. The van der Waals surface area contributed by atoms with E-state index in [9.17, 15) is 9.59 Å². The van der Waals surface area contributed by atoms with Crippen LogP contribution in [-0.2, 0) is 28.8 Å². The standard InChI is InChI=1S/C17H17NO3S/c1-21-17(20)15-12-8-5-9-13(12)22-16(15)18-14(19)10-11-6-3-2-4-7-11/h2-4,6-7H,5,8-10H2,1H3,(H,18,19). The van der Waals surface area contributed by atoms with Crippen molar-refractivity contribution in [2.24, 2.45) is 0 Å². The van der Waals surface area contributed by atoms with Crippen molar-refractivity contribution in [3.05, 3.63) is 51.9 Å². The number of esters is 1. The van der Waals surface area contributed by atoms with Gasteiger partial charge in [0.15, 0.2) is 0 Å². The molecule has 1 aliphatic carbocycles. The Morgan fingerprint density at radius 3 is 2.73 bits per heavy atom. The normalized spacial score (nSPS) is 12.8. The van der Waals surface area contributed by atoms with Crippen LogP contribution < -0.4 is 5.32 Å². The van der Waals surface area contributed by atoms with Crippen molar-refractivity contribution in [1.82, 2.24) is 0 Å². The topological polar surface area (TPSA) is 55.4 Å². The van der Waals surface area contributed by atoms with Crippen LogP contribution in [0.25, 0.3) is 0 Å². The molecule has 0 fully saturated rings. The summed E-state index contributed by atoms with van der Waals surface area (Å²) in [6, 6.07) is 9.55. The number of benzene rings is 1. The van der Waals surface area contributed by atoms with Crippen LogP contribution in [0.15, 0.2) is 30.3 Å². The van der Waals surface area contributed by atoms with E-state index in [-0.39, 0.29) is 11.9 Å². The van der Waals surface area contributed by atoms with E-state index in [1.165, 1.54) is 23.3 Å². The second-order valence-corrected chi connectivity index (χ2v) is 6.37. The minimum absolute atomic E-state index is 0.115. The number of methoxy groups -OCH3 is 1. The predicted octanol–water partition coefficient (Wildman–Crippen LogP) is 3.20. The summed E-state index contributed by atoms with van der Waals surface area (Å²) in [5.41, 5.74) is 2.54. The van der Waals surface area contributed by atoms with Crippen molar-refractivity contribution in [1.29, 1.82) is 0 Å². The second-order valence-electron chi connectivity index (χ2n) is 5.26. The maximum absolute atomic E-state index is 12.2. The van der Waals surface area contributed by atoms with Crippen LogP contribution >= 0.6 is 11.3 Å². The average Bonchev–Trinajstić information content (AvgIpc) is 3.08. The van der Waals surface area contributed by atoms with Gasteiger partial charge in [-0.2, -0.15) is 0 Å². The Morgan fingerprint density at radius 1 is 1.23 bits per heavy atom. The van der Waals surface area contributed by atoms with Gasteiger partial charge in [-0.1, -0.05) is 30.3 Å². The maximum Gasteiger partial charge on any atom is 0.341 e. The summed E-state index contributed by atoms with van der Waals surface area (Å²) < 4.78 is 4.88. The van der Waals surface area contributed by atoms with Crippen LogP contribution in [0, 0.1) is 0 Å². The summed E-state index contributed by atoms with van der Waals surface area (Å²) in [7, 11) is 1.37. The number of hydrogen-bond donors (Lipinski definition) is 1. The number of nitrogens with one attached hydrogen (secondary N) is 1. The number of thiophene rings is 1. The third kappa shape index (κ3) is 2.90. The molecule has 4 nitrogen and oxygen atoms in total. The van der Waals surface area contributed by atoms with Crippen molar-refractivity contribution in [3.8, 4) is 0 Å². The highest BCUT2D eigenvalue weighted by molar-refractivity contribution is 7.17. The fourth-order valence-corrected chi connectivity index (χ4v) is 4.06. The van der Waals surface area contributed by atoms with Gasteiger partial charge < -0.3 is 10.1 Å². The molecule has 1 aromatic carbocycles. The van der Waals surface area contributed by atoms with Crippen molar-refractivity contribution in [2.75, 3.05) is 12.4 Å². The molecule has 0 aliphatic heterocycles. The number of rotatable bonds is 4. The molecule has 1 aromatic heterocycles. The van der Waals surface area contributed by atoms with E-state index in [1.807, 2.05) is 30.3 Å². The number of hydrogen-bond acceptors (Lipinski definition) is 4. The average molecular weight is 315 g/mol. The smallest absolute Gasteiger partial charge is 0.341 e. The Bertz CT molecular complexity index is 706. The first kappa shape index (κ1) is 14.8. The molecule has 3 rings (SSSR count). The Hall–Kier alpha value is -2.14. The first-order chi connectivity index (χ1) is 10.7. The first-order valence-electron chi connectivity index (χ1n) is 7.25. The molecule has 0 atom stereocenters. The van der Waals surface area contributed by atoms with Crippen molar-refractivity contribution in [3.63, 3.8) is 0 Å². The molecule has 22 heavy (non-hydrogen) atoms. The number of carbonyl (C=O) groups excluding carboxylic acids is 2. The minimum atomic E-state index is -0.366. The Kier molecular flexibility index (Phi) is 4.24. The molecule has 1 amide bonds. The van der Waals surface area contributed by atoms with Gasteiger partial charge in [0.2, 0.25) is 5.91 Å². The maximum atomic E-state index is 12.2. The molecule has 2 aromatic rings. The Labute approximate surface area is 133 Å². The summed E-state index contributed by atoms with van der Waals surface area (Å²) in [5, 5.41) is 3.51. The molecule has 1 heterocycles. The fraction of sp³-hybridized carbons (Fsp3) is 0.294. The lowest BCUT2D eigenvalue weighted by Gasteiger charge is -2.07. The number of carbonyl (C=O) groups is 2. The molecule has 5 heteroatoms. The highest BCUT2D eigenvalue weighted by Crippen LogP contribution is 2.39. The van der Waals surface area contributed by atoms with Crippen molar-refractivity contribution >= 4 is 28.2 Å². The lowest BCUT2D eigenvalue weighted by Crippen LogP contribution is -2.16. The van der Waals surface area contributed by atoms with E-state index in [2.05, 4.69) is 5.32 Å². The van der Waals surface area contributed by atoms with E-state index < -0.39 is 0 Å². The highest BCUT2D eigenvalue weighted by Gasteiger charge is 2.27. The predicted molar refractivity (Wildman–Crippen MR) is 86.5 cm³/mol. The molecule has 114 valence electrons. The molecular formula is C17H17NO3S. The number of anilines is 1. The summed E-state index contributed by atoms with van der Waals surface area (Å²) in [4.78, 5) is 25.4. The van der Waals surface area contributed by atoms with E-state index >= 15 is 0 Å². The molecule has 0 saturated heterocycles. The number of ether oxygens (including phenoxy) is 1. The van der Waals surface area contributed by atoms with Crippen molar-refractivity contribution < 1.29 is 14.3 Å². The van der Waals surface area contributed by atoms with Gasteiger partial charge in [-0.05, 0) is 30.4 Å². The molecule has 0 bridgehead atoms. The van der Waals surface area contributed by atoms with Crippen LogP contribution in [0.1, 0.15) is 32.8 Å². The van der Waals surface area contributed by atoms with E-state index in [4.69, 9.17) is 4.74 Å². The van der Waals surface area contributed by atoms with Crippen LogP contribution in [0.3, 0.4) is 0 Å². The second kappa shape index (κ2) is 6.32. The zero-order valence-electron chi connectivity index (χ0n) is 12.3. The van der Waals surface area contributed by atoms with Gasteiger partial charge in [0, 0.05) is 4.88 Å². The Balaban J connectivity index is 1.80. The molecule has 0 unspecified atom stereocenters. The zero-order chi connectivity index (χ0) is 15.5. The molecule has 0 spiro atoms. The van der Waals surface area contributed by atoms with Gasteiger partial charge in [0.25, 0.3) is 0 Å². The van der Waals surface area contributed by atoms with Gasteiger partial charge in [-0.25, -0.2) is 4.79 Å². The van der Waals surface area contributed by atoms with E-state index in [0.717, 1.165) is 30.4 Å². The van der Waals surface area contributed by atoms with Crippen LogP contribution in [0.2, 0.25) is 0 Å². The SMILES string of the molecule is COC(=O)c1c(NC(=O)Cc2ccccc2)sc2c1CCC2. The number of aryl methyl sites for hydroxylation is 1. The molecule has 1 aliphatic rings. The Morgan fingerprint density at radius 2 is 2.00 bits per heavy atom. The van der Waals surface area contributed by atoms with Gasteiger partial charge in [-0.15, -0.1) is 11.3 Å². The first-order valence-corrected chi connectivity index (χ1v) is 8.07. The van der Waals surface area contributed by atoms with E-state index in [0.29, 0.717) is 17.0 Å². The quantitative estimate of drug-likeness (QED) is 0.882. The van der Waals surface area contributed by atoms with Crippen LogP contribution in [0.5, 0.6) is 0 Å². The summed E-state index contributed by atoms with van der Waals surface area (Å²) in [6.07, 6.45) is 3.21. The van der Waals surface area contributed by atoms with Crippen LogP contribution in [0.4, 0.5) is 5.00 Å². The zero-order valence-corrected chi connectivity index (χ0v) is 13.2. The molecule has 0 radical (unpaired) electrons. The number of fused-ring (bicyclic) bond motifs is 1. The lowest BCUT2D eigenvalue weighted by atomic mass is 10.1. The van der Waals surface area contributed by atoms with Crippen LogP contribution in [-0.4, -0.2) is 19.0 Å². The van der Waals surface area contributed by atoms with E-state index in [1.54, 1.807) is 0 Å². The largest absolute Gasteiger partial charge is 0.465 e. The molecule has 0 saturated carbocycles. The summed E-state index contributed by atoms with van der Waals surface area (Å²) in [6.45, 7) is 0. The molecular weight excluding hydrogens is 298 g/mol.